The number of nitrogens with zero attached hydrogens (tertiary/aromatic N) is 4. The average molecular weight is 374 g/mol. The molecule has 0 aliphatic carbocycles. The Bertz CT molecular complexity index is 876. The van der Waals surface area contributed by atoms with Gasteiger partial charge in [0.2, 0.25) is 5.13 Å². The molecule has 1 atom stereocenters. The first-order chi connectivity index (χ1) is 12.2. The minimum atomic E-state index is -0.228. The molecule has 0 radical (unpaired) electrons. The summed E-state index contributed by atoms with van der Waals surface area (Å²) in [5.74, 6) is -0.228. The minimum Gasteiger partial charge on any atom is -0.353 e. The Morgan fingerprint density at radius 1 is 1.19 bits per heavy atom. The van der Waals surface area contributed by atoms with Gasteiger partial charge in [-0.2, -0.15) is 5.10 Å². The Morgan fingerprint density at radius 3 is 2.50 bits per heavy atom. The number of nitrogens with one attached hydrogen (secondary N) is 1. The van der Waals surface area contributed by atoms with Gasteiger partial charge in [0.25, 0.3) is 0 Å². The maximum atomic E-state index is 13.0. The predicted octanol–water partition coefficient (Wildman–Crippen LogP) is 4.70. The van der Waals surface area contributed by atoms with Crippen molar-refractivity contribution in [3.63, 3.8) is 0 Å². The molecule has 0 fully saturated rings. The van der Waals surface area contributed by atoms with Gasteiger partial charge in [-0.1, -0.05) is 23.5 Å². The molecular weight excluding hydrogens is 349 g/mol. The number of hydrogen-bond donors (Lipinski definition) is 1. The summed E-state index contributed by atoms with van der Waals surface area (Å²) in [5.41, 5.74) is 3.13. The molecule has 0 bridgehead atoms. The van der Waals surface area contributed by atoms with Crippen molar-refractivity contribution in [1.82, 2.24) is 20.0 Å². The van der Waals surface area contributed by atoms with Gasteiger partial charge in [0.1, 0.15) is 10.8 Å². The molecule has 7 heteroatoms. The second-order valence-corrected chi connectivity index (χ2v) is 8.52. The topological polar surface area (TPSA) is 55.6 Å². The molecular formula is C19H24FN5S. The van der Waals surface area contributed by atoms with Gasteiger partial charge >= 0.3 is 0 Å². The maximum absolute atomic E-state index is 13.0. The highest BCUT2D eigenvalue weighted by molar-refractivity contribution is 7.15. The van der Waals surface area contributed by atoms with Crippen molar-refractivity contribution in [1.29, 1.82) is 0 Å². The van der Waals surface area contributed by atoms with Crippen molar-refractivity contribution >= 4 is 16.5 Å². The van der Waals surface area contributed by atoms with E-state index in [0.29, 0.717) is 6.42 Å². The van der Waals surface area contributed by atoms with Gasteiger partial charge in [-0.15, -0.1) is 10.2 Å². The normalized spacial score (nSPS) is 13.0. The quantitative estimate of drug-likeness (QED) is 0.704. The van der Waals surface area contributed by atoms with Crippen LogP contribution in [0.25, 0.3) is 0 Å². The zero-order chi connectivity index (χ0) is 18.9. The number of hydrogen-bond acceptors (Lipinski definition) is 5. The lowest BCUT2D eigenvalue weighted by Gasteiger charge is -2.19. The highest BCUT2D eigenvalue weighted by Crippen LogP contribution is 2.26. The van der Waals surface area contributed by atoms with Crippen molar-refractivity contribution in [2.75, 3.05) is 5.32 Å². The Kier molecular flexibility index (Phi) is 5.09. The molecule has 26 heavy (non-hydrogen) atoms. The lowest BCUT2D eigenvalue weighted by atomic mass is 10.1. The van der Waals surface area contributed by atoms with E-state index in [-0.39, 0.29) is 17.4 Å². The number of aryl methyl sites for hydroxylation is 1. The summed E-state index contributed by atoms with van der Waals surface area (Å²) in [6.45, 7) is 10.5. The van der Waals surface area contributed by atoms with Crippen LogP contribution in [0.15, 0.2) is 30.5 Å². The lowest BCUT2D eigenvalue weighted by molar-refractivity contribution is 0.354. The SMILES string of the molecule is Cc1nn(C(C)(C)C)cc1C(C)Nc1nnc(Cc2ccc(F)cc2)s1. The number of rotatable bonds is 5. The van der Waals surface area contributed by atoms with Gasteiger partial charge in [0.15, 0.2) is 0 Å². The van der Waals surface area contributed by atoms with Gasteiger partial charge in [-0.05, 0) is 52.3 Å². The first-order valence-corrected chi connectivity index (χ1v) is 9.44. The molecule has 0 spiro atoms. The Morgan fingerprint density at radius 2 is 1.88 bits per heavy atom. The van der Waals surface area contributed by atoms with E-state index >= 15 is 0 Å². The molecule has 1 N–H and O–H groups in total. The molecule has 0 amide bonds. The molecule has 5 nitrogen and oxygen atoms in total. The Labute approximate surface area is 157 Å². The highest BCUT2D eigenvalue weighted by Gasteiger charge is 2.20. The first kappa shape index (κ1) is 18.5. The van der Waals surface area contributed by atoms with Gasteiger partial charge in [0.05, 0.1) is 17.3 Å². The maximum Gasteiger partial charge on any atom is 0.206 e. The number of aromatic nitrogens is 4. The number of benzene rings is 1. The molecule has 0 saturated carbocycles. The van der Waals surface area contributed by atoms with Gasteiger partial charge in [0, 0.05) is 18.2 Å². The van der Waals surface area contributed by atoms with Crippen LogP contribution in [0.2, 0.25) is 0 Å². The fourth-order valence-electron chi connectivity index (χ4n) is 2.67. The van der Waals surface area contributed by atoms with Gasteiger partial charge in [-0.3, -0.25) is 4.68 Å². The molecule has 3 aromatic rings. The third kappa shape index (κ3) is 4.27. The molecule has 138 valence electrons. The van der Waals surface area contributed by atoms with E-state index in [1.807, 2.05) is 11.6 Å². The molecule has 3 rings (SSSR count). The van der Waals surface area contributed by atoms with E-state index in [0.717, 1.165) is 27.0 Å². The zero-order valence-electron chi connectivity index (χ0n) is 15.7. The van der Waals surface area contributed by atoms with Crippen LogP contribution in [-0.4, -0.2) is 20.0 Å². The van der Waals surface area contributed by atoms with Crippen LogP contribution in [-0.2, 0) is 12.0 Å². The van der Waals surface area contributed by atoms with E-state index < -0.39 is 0 Å². The van der Waals surface area contributed by atoms with Crippen molar-refractivity contribution < 1.29 is 4.39 Å². The Hall–Kier alpha value is -2.28. The van der Waals surface area contributed by atoms with Crippen molar-refractivity contribution in [2.24, 2.45) is 0 Å². The van der Waals surface area contributed by atoms with Crippen molar-refractivity contribution in [3.8, 4) is 0 Å². The van der Waals surface area contributed by atoms with Crippen molar-refractivity contribution in [3.05, 3.63) is 58.1 Å². The lowest BCUT2D eigenvalue weighted by Crippen LogP contribution is -2.22. The van der Waals surface area contributed by atoms with Crippen LogP contribution < -0.4 is 5.32 Å². The van der Waals surface area contributed by atoms with Crippen LogP contribution in [0.4, 0.5) is 9.52 Å². The van der Waals surface area contributed by atoms with Crippen LogP contribution in [0.3, 0.4) is 0 Å². The van der Waals surface area contributed by atoms with E-state index in [2.05, 4.69) is 54.5 Å². The summed E-state index contributed by atoms with van der Waals surface area (Å²) >= 11 is 1.52. The van der Waals surface area contributed by atoms with Crippen LogP contribution in [0.5, 0.6) is 0 Å². The third-order valence-electron chi connectivity index (χ3n) is 4.17. The van der Waals surface area contributed by atoms with E-state index in [9.17, 15) is 4.39 Å². The molecule has 1 unspecified atom stereocenters. The minimum absolute atomic E-state index is 0.0478. The zero-order valence-corrected chi connectivity index (χ0v) is 16.6. The molecule has 0 aliphatic heterocycles. The van der Waals surface area contributed by atoms with E-state index in [1.165, 1.54) is 23.5 Å². The number of anilines is 1. The van der Waals surface area contributed by atoms with Crippen LogP contribution in [0.1, 0.15) is 55.6 Å². The monoisotopic (exact) mass is 373 g/mol. The second kappa shape index (κ2) is 7.15. The summed E-state index contributed by atoms with van der Waals surface area (Å²) in [6.07, 6.45) is 2.74. The van der Waals surface area contributed by atoms with E-state index in [1.54, 1.807) is 12.1 Å². The largest absolute Gasteiger partial charge is 0.353 e. The van der Waals surface area contributed by atoms with Crippen LogP contribution in [0, 0.1) is 12.7 Å². The fourth-order valence-corrected chi connectivity index (χ4v) is 3.53. The summed E-state index contributed by atoms with van der Waals surface area (Å²) in [6, 6.07) is 6.56. The number of halogens is 1. The molecule has 2 heterocycles. The predicted molar refractivity (Wildman–Crippen MR) is 103 cm³/mol. The third-order valence-corrected chi connectivity index (χ3v) is 5.02. The summed E-state index contributed by atoms with van der Waals surface area (Å²) in [4.78, 5) is 0. The molecule has 0 saturated heterocycles. The molecule has 1 aromatic carbocycles. The van der Waals surface area contributed by atoms with Crippen LogP contribution >= 0.6 is 11.3 Å². The fraction of sp³-hybridized carbons (Fsp3) is 0.421. The molecule has 2 aromatic heterocycles. The Balaban J connectivity index is 1.69. The smallest absolute Gasteiger partial charge is 0.206 e. The van der Waals surface area contributed by atoms with Gasteiger partial charge in [-0.25, -0.2) is 4.39 Å². The summed E-state index contributed by atoms with van der Waals surface area (Å²) in [5, 5.41) is 18.2. The highest BCUT2D eigenvalue weighted by atomic mass is 32.1. The first-order valence-electron chi connectivity index (χ1n) is 8.62. The van der Waals surface area contributed by atoms with E-state index in [4.69, 9.17) is 0 Å². The second-order valence-electron chi connectivity index (χ2n) is 7.46. The standard InChI is InChI=1S/C19H24FN5S/c1-12(16-11-25(19(3,4)5)24-13(16)2)21-18-23-22-17(26-18)10-14-6-8-15(20)9-7-14/h6-9,11-12H,10H2,1-5H3,(H,21,23). The van der Waals surface area contributed by atoms with Gasteiger partial charge < -0.3 is 5.32 Å². The average Bonchev–Trinajstić information content (AvgIpc) is 3.16. The molecule has 0 aliphatic rings. The summed E-state index contributed by atoms with van der Waals surface area (Å²) in [7, 11) is 0. The van der Waals surface area contributed by atoms with Crippen molar-refractivity contribution in [2.45, 2.75) is 52.6 Å². The summed E-state index contributed by atoms with van der Waals surface area (Å²) < 4.78 is 15.0.